The standard InChI is InChI=1S/C18H22FNO/c1-13(11-15-7-9-18(21-3)10-8-15)20-14(2)16-5-4-6-17(19)12-16/h4-10,12-14,20H,11H2,1-3H3/t13?,14-/m1/s1. The minimum Gasteiger partial charge on any atom is -0.497 e. The average Bonchev–Trinajstić information content (AvgIpc) is 2.48. The molecule has 2 nitrogen and oxygen atoms in total. The Morgan fingerprint density at radius 3 is 2.43 bits per heavy atom. The van der Waals surface area contributed by atoms with Crippen molar-refractivity contribution < 1.29 is 9.13 Å². The summed E-state index contributed by atoms with van der Waals surface area (Å²) in [6.45, 7) is 4.19. The summed E-state index contributed by atoms with van der Waals surface area (Å²) in [6.07, 6.45) is 0.920. The Morgan fingerprint density at radius 2 is 1.81 bits per heavy atom. The summed E-state index contributed by atoms with van der Waals surface area (Å²) in [6, 6.07) is 15.3. The first-order valence-corrected chi connectivity index (χ1v) is 7.23. The lowest BCUT2D eigenvalue weighted by atomic mass is 10.0. The molecule has 0 amide bonds. The summed E-state index contributed by atoms with van der Waals surface area (Å²) in [5, 5.41) is 3.50. The summed E-state index contributed by atoms with van der Waals surface area (Å²) in [5.41, 5.74) is 2.22. The predicted octanol–water partition coefficient (Wildman–Crippen LogP) is 4.12. The fourth-order valence-electron chi connectivity index (χ4n) is 2.47. The number of benzene rings is 2. The Labute approximate surface area is 126 Å². The topological polar surface area (TPSA) is 21.3 Å². The maximum atomic E-state index is 13.2. The molecule has 2 rings (SSSR count). The number of ether oxygens (including phenoxy) is 1. The van der Waals surface area contributed by atoms with E-state index in [0.717, 1.165) is 17.7 Å². The molecule has 0 aliphatic rings. The van der Waals surface area contributed by atoms with Gasteiger partial charge in [0.2, 0.25) is 0 Å². The Balaban J connectivity index is 1.92. The molecule has 0 radical (unpaired) electrons. The lowest BCUT2D eigenvalue weighted by Gasteiger charge is -2.20. The molecule has 0 heterocycles. The maximum Gasteiger partial charge on any atom is 0.123 e. The number of hydrogen-bond acceptors (Lipinski definition) is 2. The van der Waals surface area contributed by atoms with E-state index < -0.39 is 0 Å². The van der Waals surface area contributed by atoms with Crippen molar-refractivity contribution in [3.63, 3.8) is 0 Å². The number of nitrogens with one attached hydrogen (secondary N) is 1. The molecule has 112 valence electrons. The van der Waals surface area contributed by atoms with Crippen LogP contribution < -0.4 is 10.1 Å². The third-order valence-corrected chi connectivity index (χ3v) is 3.58. The minimum absolute atomic E-state index is 0.119. The van der Waals surface area contributed by atoms with Gasteiger partial charge in [-0.25, -0.2) is 4.39 Å². The van der Waals surface area contributed by atoms with Crippen LogP contribution in [0.3, 0.4) is 0 Å². The average molecular weight is 287 g/mol. The van der Waals surface area contributed by atoms with Crippen molar-refractivity contribution in [2.45, 2.75) is 32.4 Å². The molecule has 2 aromatic rings. The smallest absolute Gasteiger partial charge is 0.123 e. The normalized spacial score (nSPS) is 13.7. The van der Waals surface area contributed by atoms with Gasteiger partial charge in [0.1, 0.15) is 11.6 Å². The van der Waals surface area contributed by atoms with Gasteiger partial charge in [-0.15, -0.1) is 0 Å². The van der Waals surface area contributed by atoms with Crippen LogP contribution in [0.2, 0.25) is 0 Å². The van der Waals surface area contributed by atoms with E-state index in [1.165, 1.54) is 11.6 Å². The van der Waals surface area contributed by atoms with Crippen molar-refractivity contribution in [3.8, 4) is 5.75 Å². The van der Waals surface area contributed by atoms with Gasteiger partial charge in [0.15, 0.2) is 0 Å². The van der Waals surface area contributed by atoms with Crippen molar-refractivity contribution in [1.82, 2.24) is 5.32 Å². The highest BCUT2D eigenvalue weighted by Gasteiger charge is 2.10. The zero-order chi connectivity index (χ0) is 15.2. The van der Waals surface area contributed by atoms with Gasteiger partial charge < -0.3 is 10.1 Å². The van der Waals surface area contributed by atoms with Gasteiger partial charge in [0.25, 0.3) is 0 Å². The molecule has 2 aromatic carbocycles. The second kappa shape index (κ2) is 7.23. The van der Waals surface area contributed by atoms with Crippen LogP contribution in [0.25, 0.3) is 0 Å². The fourth-order valence-corrected chi connectivity index (χ4v) is 2.47. The van der Waals surface area contributed by atoms with Crippen molar-refractivity contribution in [2.75, 3.05) is 7.11 Å². The van der Waals surface area contributed by atoms with E-state index in [9.17, 15) is 4.39 Å². The Kier molecular flexibility index (Phi) is 5.34. The molecule has 0 aromatic heterocycles. The highest BCUT2D eigenvalue weighted by Crippen LogP contribution is 2.16. The monoisotopic (exact) mass is 287 g/mol. The molecule has 0 aliphatic heterocycles. The van der Waals surface area contributed by atoms with Gasteiger partial charge in [-0.2, -0.15) is 0 Å². The van der Waals surface area contributed by atoms with Gasteiger partial charge >= 0.3 is 0 Å². The van der Waals surface area contributed by atoms with Crippen molar-refractivity contribution in [2.24, 2.45) is 0 Å². The van der Waals surface area contributed by atoms with E-state index in [4.69, 9.17) is 4.74 Å². The predicted molar refractivity (Wildman–Crippen MR) is 84.1 cm³/mol. The van der Waals surface area contributed by atoms with Crippen LogP contribution in [-0.2, 0) is 6.42 Å². The molecule has 0 aliphatic carbocycles. The second-order valence-corrected chi connectivity index (χ2v) is 5.40. The van der Waals surface area contributed by atoms with Crippen LogP contribution in [0.1, 0.15) is 31.0 Å². The molecule has 0 saturated carbocycles. The van der Waals surface area contributed by atoms with Crippen LogP contribution in [0, 0.1) is 5.82 Å². The fraction of sp³-hybridized carbons (Fsp3) is 0.333. The van der Waals surface area contributed by atoms with Crippen LogP contribution in [0.4, 0.5) is 4.39 Å². The molecule has 3 heteroatoms. The van der Waals surface area contributed by atoms with E-state index in [1.807, 2.05) is 18.2 Å². The van der Waals surface area contributed by atoms with Gasteiger partial charge in [-0.3, -0.25) is 0 Å². The van der Waals surface area contributed by atoms with E-state index in [2.05, 4.69) is 31.3 Å². The first-order valence-electron chi connectivity index (χ1n) is 7.23. The van der Waals surface area contributed by atoms with Crippen LogP contribution in [-0.4, -0.2) is 13.2 Å². The summed E-state index contributed by atoms with van der Waals surface area (Å²) in [7, 11) is 1.67. The zero-order valence-electron chi connectivity index (χ0n) is 12.8. The highest BCUT2D eigenvalue weighted by molar-refractivity contribution is 5.27. The Bertz CT molecular complexity index is 568. The lowest BCUT2D eigenvalue weighted by Crippen LogP contribution is -2.30. The van der Waals surface area contributed by atoms with E-state index in [1.54, 1.807) is 19.2 Å². The number of rotatable bonds is 6. The molecule has 21 heavy (non-hydrogen) atoms. The highest BCUT2D eigenvalue weighted by atomic mass is 19.1. The molecule has 0 saturated heterocycles. The minimum atomic E-state index is -0.191. The SMILES string of the molecule is COc1ccc(CC(C)N[C@H](C)c2cccc(F)c2)cc1. The summed E-state index contributed by atoms with van der Waals surface area (Å²) < 4.78 is 18.4. The largest absolute Gasteiger partial charge is 0.497 e. The third-order valence-electron chi connectivity index (χ3n) is 3.58. The Hall–Kier alpha value is -1.87. The van der Waals surface area contributed by atoms with E-state index in [-0.39, 0.29) is 11.9 Å². The maximum absolute atomic E-state index is 13.2. The zero-order valence-corrected chi connectivity index (χ0v) is 12.8. The van der Waals surface area contributed by atoms with Crippen LogP contribution >= 0.6 is 0 Å². The molecule has 0 spiro atoms. The van der Waals surface area contributed by atoms with Gasteiger partial charge in [-0.1, -0.05) is 24.3 Å². The number of methoxy groups -OCH3 is 1. The Morgan fingerprint density at radius 1 is 1.10 bits per heavy atom. The quantitative estimate of drug-likeness (QED) is 0.863. The van der Waals surface area contributed by atoms with Crippen molar-refractivity contribution >= 4 is 0 Å². The third kappa shape index (κ3) is 4.57. The van der Waals surface area contributed by atoms with Crippen LogP contribution in [0.15, 0.2) is 48.5 Å². The lowest BCUT2D eigenvalue weighted by molar-refractivity contribution is 0.414. The van der Waals surface area contributed by atoms with Gasteiger partial charge in [-0.05, 0) is 55.7 Å². The number of halogens is 1. The molecule has 2 atom stereocenters. The van der Waals surface area contributed by atoms with E-state index >= 15 is 0 Å². The summed E-state index contributed by atoms with van der Waals surface area (Å²) in [5.74, 6) is 0.677. The number of hydrogen-bond donors (Lipinski definition) is 1. The molecular formula is C18H22FNO. The molecule has 0 bridgehead atoms. The first-order chi connectivity index (χ1) is 10.1. The molecule has 1 N–H and O–H groups in total. The second-order valence-electron chi connectivity index (χ2n) is 5.40. The van der Waals surface area contributed by atoms with Crippen molar-refractivity contribution in [3.05, 3.63) is 65.5 Å². The first kappa shape index (κ1) is 15.5. The van der Waals surface area contributed by atoms with Gasteiger partial charge in [0.05, 0.1) is 7.11 Å². The molecule has 1 unspecified atom stereocenters. The summed E-state index contributed by atoms with van der Waals surface area (Å²) in [4.78, 5) is 0. The van der Waals surface area contributed by atoms with E-state index in [0.29, 0.717) is 6.04 Å². The molecular weight excluding hydrogens is 265 g/mol. The molecule has 0 fully saturated rings. The van der Waals surface area contributed by atoms with Crippen molar-refractivity contribution in [1.29, 1.82) is 0 Å². The van der Waals surface area contributed by atoms with Crippen LogP contribution in [0.5, 0.6) is 5.75 Å². The van der Waals surface area contributed by atoms with Gasteiger partial charge in [0, 0.05) is 12.1 Å². The summed E-state index contributed by atoms with van der Waals surface area (Å²) >= 11 is 0.